The summed E-state index contributed by atoms with van der Waals surface area (Å²) >= 11 is 0. The molecule has 0 bridgehead atoms. The molecule has 1 saturated heterocycles. The minimum Gasteiger partial charge on any atom is -0.494 e. The molecule has 7 heteroatoms. The second-order valence-electron chi connectivity index (χ2n) is 9.61. The van der Waals surface area contributed by atoms with Crippen LogP contribution in [-0.4, -0.2) is 45.9 Å². The molecule has 7 nitrogen and oxygen atoms in total. The average molecular weight is 485 g/mol. The normalized spacial score (nSPS) is 18.8. The van der Waals surface area contributed by atoms with E-state index in [-0.39, 0.29) is 12.1 Å². The zero-order chi connectivity index (χ0) is 24.6. The van der Waals surface area contributed by atoms with Gasteiger partial charge in [-0.3, -0.25) is 4.79 Å². The van der Waals surface area contributed by atoms with Gasteiger partial charge in [0.25, 0.3) is 5.91 Å². The van der Waals surface area contributed by atoms with E-state index in [0.29, 0.717) is 6.54 Å². The standard InChI is InChI=1S/C29H32N4O3/c1-3-14-36-24-8-4-20(5-9-24)28-30-26-11-7-23(18-27(26)31(28)2)33-19-21-17-22(6-10-25(21)29(33)34)32-12-15-35-16-13-32/h4-11,17-18,28,30H,3,12-16,19H2,1-2H3. The summed E-state index contributed by atoms with van der Waals surface area (Å²) in [6.45, 7) is 6.68. The first kappa shape index (κ1) is 22.7. The van der Waals surface area contributed by atoms with Crippen LogP contribution < -0.4 is 24.8 Å². The molecule has 3 aromatic rings. The van der Waals surface area contributed by atoms with Crippen LogP contribution in [0.1, 0.15) is 41.0 Å². The number of ether oxygens (including phenoxy) is 2. The summed E-state index contributed by atoms with van der Waals surface area (Å²) in [6, 6.07) is 20.7. The molecule has 186 valence electrons. The summed E-state index contributed by atoms with van der Waals surface area (Å²) in [4.78, 5) is 19.8. The molecule has 0 spiro atoms. The van der Waals surface area contributed by atoms with Gasteiger partial charge in [-0.15, -0.1) is 0 Å². The molecule has 0 aromatic heterocycles. The Morgan fingerprint density at radius 3 is 2.56 bits per heavy atom. The van der Waals surface area contributed by atoms with E-state index in [4.69, 9.17) is 9.47 Å². The van der Waals surface area contributed by atoms with Gasteiger partial charge in [-0.1, -0.05) is 19.1 Å². The number of hydrogen-bond acceptors (Lipinski definition) is 6. The second-order valence-corrected chi connectivity index (χ2v) is 9.61. The smallest absolute Gasteiger partial charge is 0.258 e. The van der Waals surface area contributed by atoms with Crippen LogP contribution in [0.25, 0.3) is 0 Å². The fraction of sp³-hybridized carbons (Fsp3) is 0.345. The van der Waals surface area contributed by atoms with Gasteiger partial charge in [-0.25, -0.2) is 0 Å². The predicted molar refractivity (Wildman–Crippen MR) is 143 cm³/mol. The Balaban J connectivity index is 1.20. The molecule has 3 aliphatic heterocycles. The molecular weight excluding hydrogens is 452 g/mol. The van der Waals surface area contributed by atoms with Crippen molar-refractivity contribution in [3.63, 3.8) is 0 Å². The number of amides is 1. The lowest BCUT2D eigenvalue weighted by atomic mass is 10.1. The molecule has 6 rings (SSSR count). The summed E-state index contributed by atoms with van der Waals surface area (Å²) in [6.07, 6.45) is 1.02. The predicted octanol–water partition coefficient (Wildman–Crippen LogP) is 5.03. The highest BCUT2D eigenvalue weighted by Crippen LogP contribution is 2.43. The van der Waals surface area contributed by atoms with Crippen LogP contribution in [0.5, 0.6) is 5.75 Å². The van der Waals surface area contributed by atoms with Crippen molar-refractivity contribution in [2.24, 2.45) is 0 Å². The van der Waals surface area contributed by atoms with Crippen molar-refractivity contribution in [1.29, 1.82) is 0 Å². The van der Waals surface area contributed by atoms with Crippen LogP contribution in [0.4, 0.5) is 22.7 Å². The van der Waals surface area contributed by atoms with Gasteiger partial charge in [0.1, 0.15) is 11.9 Å². The van der Waals surface area contributed by atoms with Gasteiger partial charge in [0.2, 0.25) is 0 Å². The Labute approximate surface area is 212 Å². The Kier molecular flexibility index (Phi) is 5.93. The van der Waals surface area contributed by atoms with E-state index in [0.717, 1.165) is 73.3 Å². The van der Waals surface area contributed by atoms with Crippen LogP contribution in [0.2, 0.25) is 0 Å². The number of fused-ring (bicyclic) bond motifs is 2. The van der Waals surface area contributed by atoms with Crippen molar-refractivity contribution in [2.75, 3.05) is 60.0 Å². The number of morpholine rings is 1. The highest BCUT2D eigenvalue weighted by molar-refractivity contribution is 6.10. The molecule has 0 aliphatic carbocycles. The molecule has 3 heterocycles. The van der Waals surface area contributed by atoms with Gasteiger partial charge in [0.05, 0.1) is 37.7 Å². The number of nitrogens with zero attached hydrogens (tertiary/aromatic N) is 3. The van der Waals surface area contributed by atoms with Crippen LogP contribution in [-0.2, 0) is 11.3 Å². The minimum absolute atomic E-state index is 0.0260. The molecular formula is C29H32N4O3. The lowest BCUT2D eigenvalue weighted by Gasteiger charge is -2.29. The van der Waals surface area contributed by atoms with Gasteiger partial charge < -0.3 is 29.5 Å². The van der Waals surface area contributed by atoms with E-state index in [1.54, 1.807) is 0 Å². The maximum absolute atomic E-state index is 13.3. The molecule has 1 fully saturated rings. The molecule has 36 heavy (non-hydrogen) atoms. The lowest BCUT2D eigenvalue weighted by Crippen LogP contribution is -2.36. The van der Waals surface area contributed by atoms with Crippen LogP contribution in [0.3, 0.4) is 0 Å². The van der Waals surface area contributed by atoms with E-state index >= 15 is 0 Å². The zero-order valence-corrected chi connectivity index (χ0v) is 20.9. The molecule has 1 N–H and O–H groups in total. The average Bonchev–Trinajstić information content (AvgIpc) is 3.44. The number of carbonyl (C=O) groups is 1. The number of hydrogen-bond donors (Lipinski definition) is 1. The van der Waals surface area contributed by atoms with Crippen molar-refractivity contribution in [2.45, 2.75) is 26.1 Å². The molecule has 0 saturated carbocycles. The third-order valence-corrected chi connectivity index (χ3v) is 7.29. The highest BCUT2D eigenvalue weighted by Gasteiger charge is 2.32. The van der Waals surface area contributed by atoms with Crippen LogP contribution in [0, 0.1) is 0 Å². The first-order chi connectivity index (χ1) is 17.6. The molecule has 3 aromatic carbocycles. The van der Waals surface area contributed by atoms with E-state index < -0.39 is 0 Å². The molecule has 1 amide bonds. The Morgan fingerprint density at radius 2 is 1.78 bits per heavy atom. The Morgan fingerprint density at radius 1 is 1.00 bits per heavy atom. The van der Waals surface area contributed by atoms with Gasteiger partial charge in [0, 0.05) is 37.1 Å². The molecule has 1 unspecified atom stereocenters. The van der Waals surface area contributed by atoms with Crippen molar-refractivity contribution < 1.29 is 14.3 Å². The summed E-state index contributed by atoms with van der Waals surface area (Å²) in [7, 11) is 2.09. The van der Waals surface area contributed by atoms with Gasteiger partial charge in [-0.2, -0.15) is 0 Å². The SMILES string of the molecule is CCCOc1ccc(C2Nc3ccc(N4Cc5cc(N6CCOCC6)ccc5C4=O)cc3N2C)cc1. The number of nitrogens with one attached hydrogen (secondary N) is 1. The monoisotopic (exact) mass is 484 g/mol. The fourth-order valence-corrected chi connectivity index (χ4v) is 5.29. The lowest BCUT2D eigenvalue weighted by molar-refractivity contribution is 0.0996. The van der Waals surface area contributed by atoms with Gasteiger partial charge >= 0.3 is 0 Å². The first-order valence-electron chi connectivity index (χ1n) is 12.8. The van der Waals surface area contributed by atoms with Crippen molar-refractivity contribution >= 4 is 28.7 Å². The van der Waals surface area contributed by atoms with Crippen molar-refractivity contribution in [1.82, 2.24) is 0 Å². The zero-order valence-electron chi connectivity index (χ0n) is 20.9. The molecule has 1 atom stereocenters. The number of benzene rings is 3. The minimum atomic E-state index is 0.0260. The van der Waals surface area contributed by atoms with Crippen molar-refractivity contribution in [3.8, 4) is 5.75 Å². The maximum Gasteiger partial charge on any atom is 0.258 e. The van der Waals surface area contributed by atoms with E-state index in [9.17, 15) is 4.79 Å². The maximum atomic E-state index is 13.3. The van der Waals surface area contributed by atoms with Crippen LogP contribution >= 0.6 is 0 Å². The summed E-state index contributed by atoms with van der Waals surface area (Å²) in [5.41, 5.74) is 7.28. The fourth-order valence-electron chi connectivity index (χ4n) is 5.29. The molecule has 3 aliphatic rings. The van der Waals surface area contributed by atoms with E-state index in [1.807, 2.05) is 29.2 Å². The number of carbonyl (C=O) groups excluding carboxylic acids is 1. The Bertz CT molecular complexity index is 1270. The van der Waals surface area contributed by atoms with Crippen molar-refractivity contribution in [3.05, 3.63) is 77.4 Å². The van der Waals surface area contributed by atoms with Crippen LogP contribution in [0.15, 0.2) is 60.7 Å². The second kappa shape index (κ2) is 9.39. The summed E-state index contributed by atoms with van der Waals surface area (Å²) in [5.74, 6) is 0.955. The van der Waals surface area contributed by atoms with Gasteiger partial charge in [-0.05, 0) is 66.1 Å². The Hall–Kier alpha value is -3.71. The number of rotatable bonds is 6. The van der Waals surface area contributed by atoms with E-state index in [2.05, 4.69) is 65.5 Å². The number of anilines is 4. The third-order valence-electron chi connectivity index (χ3n) is 7.29. The summed E-state index contributed by atoms with van der Waals surface area (Å²) < 4.78 is 11.2. The first-order valence-corrected chi connectivity index (χ1v) is 12.8. The third kappa shape index (κ3) is 4.03. The largest absolute Gasteiger partial charge is 0.494 e. The summed E-state index contributed by atoms with van der Waals surface area (Å²) in [5, 5.41) is 3.62. The van der Waals surface area contributed by atoms with Gasteiger partial charge in [0.15, 0.2) is 0 Å². The molecule has 0 radical (unpaired) electrons. The topological polar surface area (TPSA) is 57.3 Å². The highest BCUT2D eigenvalue weighted by atomic mass is 16.5. The van der Waals surface area contributed by atoms with E-state index in [1.165, 1.54) is 11.3 Å². The quantitative estimate of drug-likeness (QED) is 0.530.